The van der Waals surface area contributed by atoms with Gasteiger partial charge in [0.25, 0.3) is 0 Å². The predicted molar refractivity (Wildman–Crippen MR) is 70.6 cm³/mol. The molecule has 1 N–H and O–H groups in total. The minimum Gasteiger partial charge on any atom is -0.494 e. The van der Waals surface area contributed by atoms with Crippen LogP contribution in [0.5, 0.6) is 5.75 Å². The SMILES string of the molecule is COc1cccc2c1NC(=O)C1CS(=O)CCN21. The van der Waals surface area contributed by atoms with Gasteiger partial charge < -0.3 is 15.0 Å². The van der Waals surface area contributed by atoms with Gasteiger partial charge in [0.1, 0.15) is 17.5 Å². The van der Waals surface area contributed by atoms with Gasteiger partial charge in [-0.15, -0.1) is 0 Å². The van der Waals surface area contributed by atoms with Crippen molar-refractivity contribution < 1.29 is 13.7 Å². The molecule has 2 heterocycles. The summed E-state index contributed by atoms with van der Waals surface area (Å²) in [4.78, 5) is 14.1. The van der Waals surface area contributed by atoms with Crippen molar-refractivity contribution in [1.82, 2.24) is 0 Å². The van der Waals surface area contributed by atoms with E-state index < -0.39 is 10.8 Å². The van der Waals surface area contributed by atoms with Crippen LogP contribution in [0.15, 0.2) is 18.2 Å². The zero-order chi connectivity index (χ0) is 12.7. The highest BCUT2D eigenvalue weighted by molar-refractivity contribution is 7.85. The number of anilines is 2. The molecule has 5 nitrogen and oxygen atoms in total. The Kier molecular flexibility index (Phi) is 2.74. The molecule has 6 heteroatoms. The third-order valence-electron chi connectivity index (χ3n) is 3.36. The number of benzene rings is 1. The molecule has 1 aromatic carbocycles. The molecule has 0 aliphatic carbocycles. The Bertz CT molecular complexity index is 532. The molecule has 1 fully saturated rings. The van der Waals surface area contributed by atoms with E-state index in [9.17, 15) is 9.00 Å². The van der Waals surface area contributed by atoms with Gasteiger partial charge in [-0.05, 0) is 12.1 Å². The van der Waals surface area contributed by atoms with Crippen LogP contribution in [-0.2, 0) is 15.6 Å². The Hall–Kier alpha value is -1.56. The molecule has 2 unspecified atom stereocenters. The quantitative estimate of drug-likeness (QED) is 0.808. The first-order chi connectivity index (χ1) is 8.70. The highest BCUT2D eigenvalue weighted by atomic mass is 32.2. The molecule has 0 radical (unpaired) electrons. The predicted octanol–water partition coefficient (Wildman–Crippen LogP) is 0.585. The van der Waals surface area contributed by atoms with E-state index in [4.69, 9.17) is 4.74 Å². The molecule has 1 aromatic rings. The minimum absolute atomic E-state index is 0.0972. The number of methoxy groups -OCH3 is 1. The summed E-state index contributed by atoms with van der Waals surface area (Å²) in [7, 11) is 0.686. The Morgan fingerprint density at radius 3 is 3.11 bits per heavy atom. The van der Waals surface area contributed by atoms with Gasteiger partial charge in [-0.25, -0.2) is 0 Å². The fourth-order valence-corrected chi connectivity index (χ4v) is 3.72. The van der Waals surface area contributed by atoms with Crippen LogP contribution < -0.4 is 15.0 Å². The standard InChI is InChI=1S/C12H14N2O3S/c1-17-10-4-2-3-8-11(10)13-12(15)9-7-18(16)6-5-14(8)9/h2-4,9H,5-7H2,1H3,(H,13,15). The smallest absolute Gasteiger partial charge is 0.248 e. The van der Waals surface area contributed by atoms with E-state index in [0.29, 0.717) is 29.5 Å². The van der Waals surface area contributed by atoms with Crippen LogP contribution in [0.3, 0.4) is 0 Å². The molecule has 1 saturated heterocycles. The fourth-order valence-electron chi connectivity index (χ4n) is 2.47. The molecule has 18 heavy (non-hydrogen) atoms. The van der Waals surface area contributed by atoms with E-state index in [-0.39, 0.29) is 11.9 Å². The number of nitrogens with zero attached hydrogens (tertiary/aromatic N) is 1. The van der Waals surface area contributed by atoms with Crippen LogP contribution >= 0.6 is 0 Å². The lowest BCUT2D eigenvalue weighted by Gasteiger charge is -2.40. The van der Waals surface area contributed by atoms with Crippen LogP contribution in [0.4, 0.5) is 11.4 Å². The largest absolute Gasteiger partial charge is 0.494 e. The number of hydrogen-bond donors (Lipinski definition) is 1. The van der Waals surface area contributed by atoms with Crippen molar-refractivity contribution in [3.05, 3.63) is 18.2 Å². The van der Waals surface area contributed by atoms with Gasteiger partial charge in [0, 0.05) is 23.1 Å². The normalized spacial score (nSPS) is 26.1. The monoisotopic (exact) mass is 266 g/mol. The van der Waals surface area contributed by atoms with Gasteiger partial charge in [0.05, 0.1) is 18.6 Å². The van der Waals surface area contributed by atoms with E-state index in [1.165, 1.54) is 0 Å². The van der Waals surface area contributed by atoms with Gasteiger partial charge in [-0.1, -0.05) is 6.07 Å². The maximum atomic E-state index is 12.1. The van der Waals surface area contributed by atoms with Crippen molar-refractivity contribution >= 4 is 28.1 Å². The zero-order valence-corrected chi connectivity index (χ0v) is 10.8. The summed E-state index contributed by atoms with van der Waals surface area (Å²) < 4.78 is 16.8. The first kappa shape index (κ1) is 11.5. The van der Waals surface area contributed by atoms with E-state index in [1.54, 1.807) is 7.11 Å². The van der Waals surface area contributed by atoms with Gasteiger partial charge >= 0.3 is 0 Å². The number of amides is 1. The molecule has 0 bridgehead atoms. The Labute approximate surface area is 108 Å². The molecule has 2 atom stereocenters. The molecule has 1 amide bonds. The third kappa shape index (κ3) is 1.68. The maximum Gasteiger partial charge on any atom is 0.248 e. The van der Waals surface area contributed by atoms with E-state index in [2.05, 4.69) is 5.32 Å². The third-order valence-corrected chi connectivity index (χ3v) is 4.69. The first-order valence-electron chi connectivity index (χ1n) is 5.80. The van der Waals surface area contributed by atoms with Crippen LogP contribution in [-0.4, -0.2) is 41.3 Å². The lowest BCUT2D eigenvalue weighted by atomic mass is 10.1. The average Bonchev–Trinajstić information content (AvgIpc) is 2.38. The van der Waals surface area contributed by atoms with Gasteiger partial charge in [-0.3, -0.25) is 9.00 Å². The number of fused-ring (bicyclic) bond motifs is 3. The summed E-state index contributed by atoms with van der Waals surface area (Å²) in [6.07, 6.45) is 0. The van der Waals surface area contributed by atoms with Gasteiger partial charge in [0.15, 0.2) is 0 Å². The lowest BCUT2D eigenvalue weighted by molar-refractivity contribution is -0.117. The summed E-state index contributed by atoms with van der Waals surface area (Å²) in [6, 6.07) is 5.36. The molecule has 96 valence electrons. The number of para-hydroxylation sites is 1. The maximum absolute atomic E-state index is 12.1. The number of carbonyl (C=O) groups is 1. The molecule has 0 aromatic heterocycles. The molecular formula is C12H14N2O3S. The summed E-state index contributed by atoms with van der Waals surface area (Å²) in [5.41, 5.74) is 1.67. The number of carbonyl (C=O) groups excluding carboxylic acids is 1. The average molecular weight is 266 g/mol. The summed E-state index contributed by atoms with van der Waals surface area (Å²) in [6.45, 7) is 0.644. The molecule has 3 rings (SSSR count). The van der Waals surface area contributed by atoms with Crippen LogP contribution in [0.25, 0.3) is 0 Å². The first-order valence-corrected chi connectivity index (χ1v) is 7.29. The summed E-state index contributed by atoms with van der Waals surface area (Å²) in [5, 5.41) is 2.86. The van der Waals surface area contributed by atoms with Crippen molar-refractivity contribution in [2.24, 2.45) is 0 Å². The Morgan fingerprint density at radius 1 is 1.50 bits per heavy atom. The van der Waals surface area contributed by atoms with Crippen molar-refractivity contribution in [3.8, 4) is 5.75 Å². The van der Waals surface area contributed by atoms with Crippen molar-refractivity contribution in [1.29, 1.82) is 0 Å². The van der Waals surface area contributed by atoms with Crippen LogP contribution in [0.2, 0.25) is 0 Å². The summed E-state index contributed by atoms with van der Waals surface area (Å²) >= 11 is 0. The van der Waals surface area contributed by atoms with Crippen molar-refractivity contribution in [3.63, 3.8) is 0 Å². The Balaban J connectivity index is 2.07. The topological polar surface area (TPSA) is 58.6 Å². The van der Waals surface area contributed by atoms with E-state index in [0.717, 1.165) is 5.69 Å². The lowest BCUT2D eigenvalue weighted by Crippen LogP contribution is -2.55. The highest BCUT2D eigenvalue weighted by Gasteiger charge is 2.38. The Morgan fingerprint density at radius 2 is 2.33 bits per heavy atom. The molecule has 2 aliphatic heterocycles. The van der Waals surface area contributed by atoms with E-state index in [1.807, 2.05) is 23.1 Å². The fraction of sp³-hybridized carbons (Fsp3) is 0.417. The van der Waals surface area contributed by atoms with Crippen LogP contribution in [0, 0.1) is 0 Å². The summed E-state index contributed by atoms with van der Waals surface area (Å²) in [5.74, 6) is 1.58. The second-order valence-corrected chi connectivity index (χ2v) is 5.98. The zero-order valence-electron chi connectivity index (χ0n) is 10.0. The highest BCUT2D eigenvalue weighted by Crippen LogP contribution is 2.39. The van der Waals surface area contributed by atoms with Crippen LogP contribution in [0.1, 0.15) is 0 Å². The number of nitrogens with one attached hydrogen (secondary N) is 1. The number of ether oxygens (including phenoxy) is 1. The minimum atomic E-state index is -0.897. The number of rotatable bonds is 1. The molecule has 0 saturated carbocycles. The van der Waals surface area contributed by atoms with Crippen molar-refractivity contribution in [2.75, 3.05) is 35.4 Å². The van der Waals surface area contributed by atoms with Gasteiger partial charge in [0.2, 0.25) is 5.91 Å². The molecule has 0 spiro atoms. The number of hydrogen-bond acceptors (Lipinski definition) is 4. The van der Waals surface area contributed by atoms with Gasteiger partial charge in [-0.2, -0.15) is 0 Å². The van der Waals surface area contributed by atoms with E-state index >= 15 is 0 Å². The second kappa shape index (κ2) is 4.28. The second-order valence-electron chi connectivity index (χ2n) is 4.36. The molecule has 2 aliphatic rings. The molecular weight excluding hydrogens is 252 g/mol. The van der Waals surface area contributed by atoms with Crippen molar-refractivity contribution in [2.45, 2.75) is 6.04 Å².